The maximum Gasteiger partial charge on any atom is 0.335 e. The highest BCUT2D eigenvalue weighted by Gasteiger charge is 2.12. The highest BCUT2D eigenvalue weighted by Crippen LogP contribution is 2.20. The summed E-state index contributed by atoms with van der Waals surface area (Å²) in [5, 5.41) is 8.89. The number of carbonyl (C=O) groups is 2. The first kappa shape index (κ1) is 10.4. The fourth-order valence-corrected chi connectivity index (χ4v) is 1.33. The molecule has 0 fully saturated rings. The van der Waals surface area contributed by atoms with Gasteiger partial charge in [-0.3, -0.25) is 4.79 Å². The first-order valence-corrected chi connectivity index (χ1v) is 4.38. The second-order valence-corrected chi connectivity index (χ2v) is 3.42. The number of rotatable bonds is 3. The maximum atomic E-state index is 10.8. The maximum absolute atomic E-state index is 10.8. The van der Waals surface area contributed by atoms with Crippen LogP contribution in [0.2, 0.25) is 0 Å². The molecule has 0 radical (unpaired) electrons. The zero-order valence-electron chi connectivity index (χ0n) is 8.15. The molecule has 0 aromatic heterocycles. The quantitative estimate of drug-likeness (QED) is 0.747. The number of carboxylic acids is 1. The molecule has 0 atom stereocenters. The van der Waals surface area contributed by atoms with Gasteiger partial charge >= 0.3 is 5.97 Å². The fourth-order valence-electron chi connectivity index (χ4n) is 1.33. The van der Waals surface area contributed by atoms with Crippen molar-refractivity contribution >= 4 is 12.3 Å². The molecule has 0 aliphatic rings. The van der Waals surface area contributed by atoms with E-state index >= 15 is 0 Å². The van der Waals surface area contributed by atoms with Crippen molar-refractivity contribution in [1.82, 2.24) is 0 Å². The molecule has 0 saturated heterocycles. The van der Waals surface area contributed by atoms with Crippen molar-refractivity contribution in [2.75, 3.05) is 0 Å². The zero-order valence-corrected chi connectivity index (χ0v) is 8.15. The molecule has 0 aliphatic carbocycles. The highest BCUT2D eigenvalue weighted by atomic mass is 16.4. The lowest BCUT2D eigenvalue weighted by molar-refractivity contribution is 0.0695. The van der Waals surface area contributed by atoms with Crippen LogP contribution < -0.4 is 0 Å². The number of hydrogen-bond acceptors (Lipinski definition) is 2. The third-order valence-electron chi connectivity index (χ3n) is 2.06. The van der Waals surface area contributed by atoms with Crippen molar-refractivity contribution in [2.45, 2.75) is 19.8 Å². The lowest BCUT2D eigenvalue weighted by atomic mass is 9.95. The summed E-state index contributed by atoms with van der Waals surface area (Å²) in [4.78, 5) is 21.4. The number of carboxylic acid groups (broad SMARTS) is 1. The van der Waals surface area contributed by atoms with Crippen LogP contribution >= 0.6 is 0 Å². The minimum atomic E-state index is -0.953. The number of carbonyl (C=O) groups excluding carboxylic acids is 1. The van der Waals surface area contributed by atoms with E-state index in [0.717, 1.165) is 6.29 Å². The second kappa shape index (κ2) is 4.05. The highest BCUT2D eigenvalue weighted by molar-refractivity contribution is 5.91. The predicted molar refractivity (Wildman–Crippen MR) is 52.9 cm³/mol. The van der Waals surface area contributed by atoms with Gasteiger partial charge in [0.15, 0.2) is 0 Å². The zero-order chi connectivity index (χ0) is 10.7. The normalized spacial score (nSPS) is 10.2. The second-order valence-electron chi connectivity index (χ2n) is 3.42. The van der Waals surface area contributed by atoms with Gasteiger partial charge in [0, 0.05) is 5.56 Å². The van der Waals surface area contributed by atoms with E-state index in [0.29, 0.717) is 11.1 Å². The van der Waals surface area contributed by atoms with Gasteiger partial charge in [0.25, 0.3) is 0 Å². The van der Waals surface area contributed by atoms with E-state index in [9.17, 15) is 9.59 Å². The Morgan fingerprint density at radius 2 is 2.07 bits per heavy atom. The molecular formula is C11H12O3. The molecule has 3 heteroatoms. The Hall–Kier alpha value is -1.64. The number of benzene rings is 1. The van der Waals surface area contributed by atoms with Crippen LogP contribution in [0.5, 0.6) is 0 Å². The van der Waals surface area contributed by atoms with E-state index in [1.165, 1.54) is 12.1 Å². The van der Waals surface area contributed by atoms with E-state index in [-0.39, 0.29) is 11.5 Å². The summed E-state index contributed by atoms with van der Waals surface area (Å²) >= 11 is 0. The van der Waals surface area contributed by atoms with Crippen LogP contribution in [-0.4, -0.2) is 17.4 Å². The van der Waals surface area contributed by atoms with Crippen molar-refractivity contribution in [3.63, 3.8) is 0 Å². The predicted octanol–water partition coefficient (Wildman–Crippen LogP) is 2.32. The van der Waals surface area contributed by atoms with Crippen LogP contribution in [0.3, 0.4) is 0 Å². The molecule has 0 amide bonds. The van der Waals surface area contributed by atoms with Crippen molar-refractivity contribution in [3.8, 4) is 0 Å². The van der Waals surface area contributed by atoms with E-state index in [4.69, 9.17) is 5.11 Å². The molecule has 0 bridgehead atoms. The molecule has 0 aliphatic heterocycles. The summed E-state index contributed by atoms with van der Waals surface area (Å²) in [5.74, 6) is -0.854. The van der Waals surface area contributed by atoms with E-state index < -0.39 is 5.97 Å². The lowest BCUT2D eigenvalue weighted by Gasteiger charge is -2.09. The Morgan fingerprint density at radius 1 is 1.43 bits per heavy atom. The monoisotopic (exact) mass is 192 g/mol. The van der Waals surface area contributed by atoms with Crippen LogP contribution in [0.1, 0.15) is 46.0 Å². The summed E-state index contributed by atoms with van der Waals surface area (Å²) in [6.07, 6.45) is 0.720. The molecule has 1 N–H and O–H groups in total. The summed E-state index contributed by atoms with van der Waals surface area (Å²) in [6.45, 7) is 3.80. The van der Waals surface area contributed by atoms with Gasteiger partial charge in [-0.15, -0.1) is 0 Å². The topological polar surface area (TPSA) is 54.4 Å². The molecule has 0 heterocycles. The van der Waals surface area contributed by atoms with E-state index in [2.05, 4.69) is 0 Å². The minimum Gasteiger partial charge on any atom is -0.478 e. The molecule has 1 rings (SSSR count). The van der Waals surface area contributed by atoms with Gasteiger partial charge in [-0.1, -0.05) is 19.9 Å². The van der Waals surface area contributed by atoms with Gasteiger partial charge in [-0.2, -0.15) is 0 Å². The van der Waals surface area contributed by atoms with Crippen molar-refractivity contribution in [2.24, 2.45) is 0 Å². The van der Waals surface area contributed by atoms with Gasteiger partial charge in [-0.25, -0.2) is 4.79 Å². The SMILES string of the molecule is CC(C)c1cc(C=O)ccc1C(=O)O. The summed E-state index contributed by atoms with van der Waals surface area (Å²) < 4.78 is 0. The third-order valence-corrected chi connectivity index (χ3v) is 2.06. The van der Waals surface area contributed by atoms with Gasteiger partial charge in [0.2, 0.25) is 0 Å². The van der Waals surface area contributed by atoms with E-state index in [1.54, 1.807) is 6.07 Å². The Labute approximate surface area is 82.4 Å². The summed E-state index contributed by atoms with van der Waals surface area (Å²) in [6, 6.07) is 4.62. The largest absolute Gasteiger partial charge is 0.478 e. The first-order valence-electron chi connectivity index (χ1n) is 4.38. The Kier molecular flexibility index (Phi) is 3.02. The minimum absolute atomic E-state index is 0.0981. The molecule has 1 aromatic carbocycles. The molecular weight excluding hydrogens is 180 g/mol. The van der Waals surface area contributed by atoms with Crippen LogP contribution in [-0.2, 0) is 0 Å². The number of aromatic carboxylic acids is 1. The molecule has 3 nitrogen and oxygen atoms in total. The summed E-state index contributed by atoms with van der Waals surface area (Å²) in [5.41, 5.74) is 1.48. The third kappa shape index (κ3) is 1.99. The average molecular weight is 192 g/mol. The Bertz CT molecular complexity index is 367. The molecule has 0 saturated carbocycles. The number of hydrogen-bond donors (Lipinski definition) is 1. The Morgan fingerprint density at radius 3 is 2.50 bits per heavy atom. The van der Waals surface area contributed by atoms with Gasteiger partial charge in [0.05, 0.1) is 5.56 Å². The van der Waals surface area contributed by atoms with Crippen molar-refractivity contribution in [1.29, 1.82) is 0 Å². The Balaban J connectivity index is 3.30. The van der Waals surface area contributed by atoms with Gasteiger partial charge in [-0.05, 0) is 23.6 Å². The smallest absolute Gasteiger partial charge is 0.335 e. The van der Waals surface area contributed by atoms with Crippen molar-refractivity contribution < 1.29 is 14.7 Å². The fraction of sp³-hybridized carbons (Fsp3) is 0.273. The first-order chi connectivity index (χ1) is 6.56. The van der Waals surface area contributed by atoms with Crippen molar-refractivity contribution in [3.05, 3.63) is 34.9 Å². The van der Waals surface area contributed by atoms with Crippen LogP contribution in [0.4, 0.5) is 0 Å². The summed E-state index contributed by atoms with van der Waals surface area (Å²) in [7, 11) is 0. The molecule has 14 heavy (non-hydrogen) atoms. The van der Waals surface area contributed by atoms with E-state index in [1.807, 2.05) is 13.8 Å². The molecule has 0 unspecified atom stereocenters. The molecule has 74 valence electrons. The van der Waals surface area contributed by atoms with Crippen LogP contribution in [0, 0.1) is 0 Å². The number of aldehydes is 1. The molecule has 0 spiro atoms. The van der Waals surface area contributed by atoms with Crippen LogP contribution in [0.15, 0.2) is 18.2 Å². The van der Waals surface area contributed by atoms with Gasteiger partial charge in [0.1, 0.15) is 6.29 Å². The lowest BCUT2D eigenvalue weighted by Crippen LogP contribution is -2.04. The molecule has 1 aromatic rings. The standard InChI is InChI=1S/C11H12O3/c1-7(2)10-5-8(6-12)3-4-9(10)11(13)14/h3-7H,1-2H3,(H,13,14). The van der Waals surface area contributed by atoms with Gasteiger partial charge < -0.3 is 5.11 Å². The van der Waals surface area contributed by atoms with Crippen LogP contribution in [0.25, 0.3) is 0 Å². The average Bonchev–Trinajstić information content (AvgIpc) is 2.16.